The average Bonchev–Trinajstić information content (AvgIpc) is 2.31. The molecule has 0 amide bonds. The van der Waals surface area contributed by atoms with Crippen LogP contribution in [-0.4, -0.2) is 13.2 Å². The molecular weight excluding hydrogens is 212 g/mol. The summed E-state index contributed by atoms with van der Waals surface area (Å²) in [6.07, 6.45) is 0. The van der Waals surface area contributed by atoms with E-state index in [-0.39, 0.29) is 0 Å². The molecule has 0 aliphatic rings. The normalized spacial score (nSPS) is 10.6. The molecule has 0 saturated carbocycles. The molecule has 0 aliphatic carbocycles. The van der Waals surface area contributed by atoms with Gasteiger partial charge in [-0.3, -0.25) is 0 Å². The standard InChI is InChI=1S/C15H22O2/c1-5-17-15-8-6-14(7-9-15)11-16-10-13(4)12(2)3/h6-9,12H,4-5,10-11H2,1-3H3. The molecule has 0 atom stereocenters. The molecule has 0 saturated heterocycles. The molecule has 0 fully saturated rings. The van der Waals surface area contributed by atoms with Gasteiger partial charge in [0.25, 0.3) is 0 Å². The molecule has 0 bridgehead atoms. The van der Waals surface area contributed by atoms with Crippen LogP contribution in [0.5, 0.6) is 5.75 Å². The number of hydrogen-bond donors (Lipinski definition) is 0. The van der Waals surface area contributed by atoms with Crippen molar-refractivity contribution in [2.75, 3.05) is 13.2 Å². The highest BCUT2D eigenvalue weighted by Gasteiger charge is 2.00. The van der Waals surface area contributed by atoms with Gasteiger partial charge in [0.05, 0.1) is 19.8 Å². The Balaban J connectivity index is 2.34. The number of benzene rings is 1. The first-order valence-electron chi connectivity index (χ1n) is 6.10. The maximum Gasteiger partial charge on any atom is 0.119 e. The minimum atomic E-state index is 0.482. The molecule has 17 heavy (non-hydrogen) atoms. The quantitative estimate of drug-likeness (QED) is 0.668. The minimum Gasteiger partial charge on any atom is -0.494 e. The summed E-state index contributed by atoms with van der Waals surface area (Å²) in [6, 6.07) is 8.01. The van der Waals surface area contributed by atoms with Crippen LogP contribution >= 0.6 is 0 Å². The fourth-order valence-electron chi connectivity index (χ4n) is 1.32. The lowest BCUT2D eigenvalue weighted by Gasteiger charge is -2.10. The van der Waals surface area contributed by atoms with E-state index in [1.807, 2.05) is 31.2 Å². The van der Waals surface area contributed by atoms with Gasteiger partial charge >= 0.3 is 0 Å². The van der Waals surface area contributed by atoms with Crippen molar-refractivity contribution in [1.29, 1.82) is 0 Å². The molecule has 0 heterocycles. The second kappa shape index (κ2) is 7.13. The van der Waals surface area contributed by atoms with Crippen LogP contribution in [-0.2, 0) is 11.3 Å². The Kier molecular flexibility index (Phi) is 5.78. The molecule has 0 N–H and O–H groups in total. The fourth-order valence-corrected chi connectivity index (χ4v) is 1.32. The molecule has 1 rings (SSSR count). The molecule has 2 heteroatoms. The first-order chi connectivity index (χ1) is 8.13. The van der Waals surface area contributed by atoms with E-state index in [1.165, 1.54) is 0 Å². The van der Waals surface area contributed by atoms with E-state index in [0.717, 1.165) is 16.9 Å². The topological polar surface area (TPSA) is 18.5 Å². The van der Waals surface area contributed by atoms with Crippen LogP contribution in [0.4, 0.5) is 0 Å². The van der Waals surface area contributed by atoms with Crippen LogP contribution in [0.15, 0.2) is 36.4 Å². The van der Waals surface area contributed by atoms with Gasteiger partial charge in [-0.05, 0) is 36.1 Å². The van der Waals surface area contributed by atoms with Crippen molar-refractivity contribution < 1.29 is 9.47 Å². The Morgan fingerprint density at radius 1 is 1.24 bits per heavy atom. The van der Waals surface area contributed by atoms with Crippen molar-refractivity contribution in [3.05, 3.63) is 42.0 Å². The molecule has 0 unspecified atom stereocenters. The van der Waals surface area contributed by atoms with E-state index >= 15 is 0 Å². The van der Waals surface area contributed by atoms with E-state index < -0.39 is 0 Å². The lowest BCUT2D eigenvalue weighted by atomic mass is 10.1. The molecule has 94 valence electrons. The van der Waals surface area contributed by atoms with Gasteiger partial charge in [0, 0.05) is 0 Å². The first kappa shape index (κ1) is 13.8. The van der Waals surface area contributed by atoms with Crippen LogP contribution in [0.25, 0.3) is 0 Å². The zero-order valence-corrected chi connectivity index (χ0v) is 11.0. The first-order valence-corrected chi connectivity index (χ1v) is 6.10. The monoisotopic (exact) mass is 234 g/mol. The maximum atomic E-state index is 5.60. The van der Waals surface area contributed by atoms with Crippen molar-refractivity contribution in [2.24, 2.45) is 5.92 Å². The molecular formula is C15H22O2. The van der Waals surface area contributed by atoms with Crippen molar-refractivity contribution in [2.45, 2.75) is 27.4 Å². The summed E-state index contributed by atoms with van der Waals surface area (Å²) in [5.41, 5.74) is 2.29. The second-order valence-corrected chi connectivity index (χ2v) is 4.38. The zero-order valence-electron chi connectivity index (χ0n) is 11.0. The van der Waals surface area contributed by atoms with Crippen LogP contribution in [0.2, 0.25) is 0 Å². The third-order valence-corrected chi connectivity index (χ3v) is 2.61. The molecule has 2 nitrogen and oxygen atoms in total. The Morgan fingerprint density at radius 2 is 1.88 bits per heavy atom. The average molecular weight is 234 g/mol. The highest BCUT2D eigenvalue weighted by molar-refractivity contribution is 5.26. The van der Waals surface area contributed by atoms with Gasteiger partial charge in [0.15, 0.2) is 0 Å². The summed E-state index contributed by atoms with van der Waals surface area (Å²) in [4.78, 5) is 0. The summed E-state index contributed by atoms with van der Waals surface area (Å²) in [5, 5.41) is 0. The Bertz CT molecular complexity index is 338. The maximum absolute atomic E-state index is 5.60. The van der Waals surface area contributed by atoms with Gasteiger partial charge in [-0.1, -0.05) is 32.6 Å². The largest absolute Gasteiger partial charge is 0.494 e. The van der Waals surface area contributed by atoms with Gasteiger partial charge in [-0.25, -0.2) is 0 Å². The third-order valence-electron chi connectivity index (χ3n) is 2.61. The Hall–Kier alpha value is -1.28. The molecule has 0 aliphatic heterocycles. The predicted molar refractivity (Wildman–Crippen MR) is 71.2 cm³/mol. The lowest BCUT2D eigenvalue weighted by Crippen LogP contribution is -2.03. The van der Waals surface area contributed by atoms with E-state index in [4.69, 9.17) is 9.47 Å². The van der Waals surface area contributed by atoms with Crippen LogP contribution in [0.3, 0.4) is 0 Å². The second-order valence-electron chi connectivity index (χ2n) is 4.38. The van der Waals surface area contributed by atoms with Gasteiger partial charge in [0.1, 0.15) is 5.75 Å². The van der Waals surface area contributed by atoms with E-state index in [1.54, 1.807) is 0 Å². The van der Waals surface area contributed by atoms with Gasteiger partial charge < -0.3 is 9.47 Å². The van der Waals surface area contributed by atoms with Crippen molar-refractivity contribution >= 4 is 0 Å². The molecule has 1 aromatic rings. The SMILES string of the molecule is C=C(COCc1ccc(OCC)cc1)C(C)C. The van der Waals surface area contributed by atoms with Crippen molar-refractivity contribution in [3.63, 3.8) is 0 Å². The summed E-state index contributed by atoms with van der Waals surface area (Å²) in [5.74, 6) is 1.39. The summed E-state index contributed by atoms with van der Waals surface area (Å²) in [7, 11) is 0. The Morgan fingerprint density at radius 3 is 2.41 bits per heavy atom. The van der Waals surface area contributed by atoms with Crippen molar-refractivity contribution in [1.82, 2.24) is 0 Å². The predicted octanol–water partition coefficient (Wildman–Crippen LogP) is 3.81. The van der Waals surface area contributed by atoms with Crippen LogP contribution < -0.4 is 4.74 Å². The van der Waals surface area contributed by atoms with E-state index in [2.05, 4.69) is 20.4 Å². The molecule has 0 spiro atoms. The number of ether oxygens (including phenoxy) is 2. The van der Waals surface area contributed by atoms with Crippen molar-refractivity contribution in [3.8, 4) is 5.75 Å². The van der Waals surface area contributed by atoms with Gasteiger partial charge in [0.2, 0.25) is 0 Å². The van der Waals surface area contributed by atoms with E-state index in [9.17, 15) is 0 Å². The highest BCUT2D eigenvalue weighted by Crippen LogP contribution is 2.13. The summed E-state index contributed by atoms with van der Waals surface area (Å²) >= 11 is 0. The van der Waals surface area contributed by atoms with E-state index in [0.29, 0.717) is 25.7 Å². The highest BCUT2D eigenvalue weighted by atomic mass is 16.5. The summed E-state index contributed by atoms with van der Waals surface area (Å²) in [6.45, 7) is 12.2. The summed E-state index contributed by atoms with van der Waals surface area (Å²) < 4.78 is 11.0. The number of hydrogen-bond acceptors (Lipinski definition) is 2. The third kappa shape index (κ3) is 5.05. The van der Waals surface area contributed by atoms with Gasteiger partial charge in [-0.15, -0.1) is 0 Å². The Labute approximate surface area is 104 Å². The molecule has 0 radical (unpaired) electrons. The molecule has 0 aromatic heterocycles. The minimum absolute atomic E-state index is 0.482. The van der Waals surface area contributed by atoms with Crippen LogP contribution in [0, 0.1) is 5.92 Å². The van der Waals surface area contributed by atoms with Crippen LogP contribution in [0.1, 0.15) is 26.3 Å². The lowest BCUT2D eigenvalue weighted by molar-refractivity contribution is 0.138. The fraction of sp³-hybridized carbons (Fsp3) is 0.467. The van der Waals surface area contributed by atoms with Gasteiger partial charge in [-0.2, -0.15) is 0 Å². The molecule has 1 aromatic carbocycles. The zero-order chi connectivity index (χ0) is 12.7. The number of rotatable bonds is 7. The smallest absolute Gasteiger partial charge is 0.119 e.